The van der Waals surface area contributed by atoms with Gasteiger partial charge in [-0.15, -0.1) is 23.5 Å². The van der Waals surface area contributed by atoms with Gasteiger partial charge in [0.15, 0.2) is 0 Å². The smallest absolute Gasteiger partial charge is 0.135 e. The van der Waals surface area contributed by atoms with Crippen LogP contribution in [0.15, 0.2) is 255 Å². The monoisotopic (exact) mass is 1610 g/mol. The van der Waals surface area contributed by atoms with E-state index in [2.05, 4.69) is 246 Å². The molecule has 4 aliphatic heterocycles. The molecule has 0 bridgehead atoms. The standard InChI is InChI=1S/C116H134B2S2/c1-67-105(72-35-11-5-12-36-72)99-59-77(85-58-76-43-20-19-31-69(76)53-54-71-34-21-22-44-78(71)85)60-100-108(74-39-15-7-16-40-74)92-64-97-102(66-94(92)113(111(99)100)118-115-106(67)84-50-28-30-52-104(84)120-115)116(2,3)101-65-93-91(63-96(101)109(97)75-41-17-8-18-42-75)107(73-37-13-6-14-38-73)98-57-68(55-87-79-45-23-25-47-81(79)88-62-89(88)82-48-26-24-46-80(82)87)56-90-86(70-32-9-4-10-33-70)61-95-83-49-27-29-51-103(83)119-114(95)117-112(93)110(90)98/h5,8,11,13,15,17-22,25,27-28,30-32,37-39,41,43,47,49-50,52,57,60-61,63-65,68,71-72,74-75,77-82,85,87-90,92,94-95,99,102,105-115H,1,4,6-7,9-10,12,14,16,23-24,26,29,33-36,40,42,44-46,48,51,53-56,58-59,62,66H2,2-3H3/b86-61-/t68?,71?,72?,74?,75?,77?,78?,79?,80?,81?,82?,85-,87?,88?,89?,90?,92?,94?,95?,99?,102?,105?,106?,107?,108?,109?,110?,111?,112?,113?,114?,115?/m1/s1. The van der Waals surface area contributed by atoms with Gasteiger partial charge in [0.25, 0.3) is 0 Å². The van der Waals surface area contributed by atoms with Crippen molar-refractivity contribution < 1.29 is 0 Å². The molecule has 1 saturated heterocycles. The molecule has 32 atom stereocenters. The van der Waals surface area contributed by atoms with Crippen LogP contribution in [0, 0.1) is 148 Å². The fourth-order valence-electron chi connectivity index (χ4n) is 34.2. The summed E-state index contributed by atoms with van der Waals surface area (Å²) < 4.78 is 0. The largest absolute Gasteiger partial charge is 0.139 e. The zero-order valence-corrected chi connectivity index (χ0v) is 74.2. The first kappa shape index (κ1) is 76.7. The summed E-state index contributed by atoms with van der Waals surface area (Å²) in [6.45, 7) is 11.4. The van der Waals surface area contributed by atoms with Crippen molar-refractivity contribution >= 4 is 38.1 Å². The second-order valence-corrected chi connectivity index (χ2v) is 47.0. The van der Waals surface area contributed by atoms with Crippen LogP contribution >= 0.6 is 23.5 Å². The van der Waals surface area contributed by atoms with E-state index in [1.165, 1.54) is 185 Å². The van der Waals surface area contributed by atoms with Gasteiger partial charge in [0.1, 0.15) is 14.6 Å². The maximum atomic E-state index is 5.68. The molecule has 0 nitrogen and oxygen atoms in total. The molecule has 2 radical (unpaired) electrons. The Labute approximate surface area is 732 Å². The molecule has 5 fully saturated rings. The second-order valence-electron chi connectivity index (χ2n) is 44.5. The van der Waals surface area contributed by atoms with E-state index in [0.717, 1.165) is 66.6 Å². The number of benzene rings is 3. The molecule has 0 spiro atoms. The van der Waals surface area contributed by atoms with E-state index in [9.17, 15) is 0 Å². The number of hydrogen-bond acceptors (Lipinski definition) is 2. The van der Waals surface area contributed by atoms with E-state index in [1.807, 2.05) is 22.3 Å². The van der Waals surface area contributed by atoms with Gasteiger partial charge in [-0.2, -0.15) is 0 Å². The third-order valence-electron chi connectivity index (χ3n) is 39.0. The highest BCUT2D eigenvalue weighted by Gasteiger charge is 2.64. The molecule has 0 N–H and O–H groups in total. The van der Waals surface area contributed by atoms with Crippen LogP contribution in [0.1, 0.15) is 263 Å². The normalized spacial score (nSPS) is 44.4. The summed E-state index contributed by atoms with van der Waals surface area (Å²) >= 11 is 4.59. The summed E-state index contributed by atoms with van der Waals surface area (Å²) in [5, 5.41) is 0.821. The van der Waals surface area contributed by atoms with Crippen molar-refractivity contribution in [3.05, 3.63) is 289 Å². The predicted octanol–water partition coefficient (Wildman–Crippen LogP) is 29.3. The number of hydrogen-bond donors (Lipinski definition) is 0. The van der Waals surface area contributed by atoms with Gasteiger partial charge in [-0.25, -0.2) is 0 Å². The molecule has 120 heavy (non-hydrogen) atoms. The Morgan fingerprint density at radius 3 is 2.23 bits per heavy atom. The molecule has 31 unspecified atom stereocenters. The van der Waals surface area contributed by atoms with Crippen molar-refractivity contribution in [3.63, 3.8) is 0 Å². The third-order valence-corrected chi connectivity index (χ3v) is 41.7. The summed E-state index contributed by atoms with van der Waals surface area (Å²) in [7, 11) is 6.31. The molecule has 18 aliphatic carbocycles. The average molecular weight is 1610 g/mol. The van der Waals surface area contributed by atoms with Crippen molar-refractivity contribution in [1.29, 1.82) is 0 Å². The zero-order valence-electron chi connectivity index (χ0n) is 72.5. The van der Waals surface area contributed by atoms with Crippen LogP contribution < -0.4 is 0 Å². The van der Waals surface area contributed by atoms with Gasteiger partial charge in [0.05, 0.1) is 0 Å². The maximum Gasteiger partial charge on any atom is 0.139 e. The summed E-state index contributed by atoms with van der Waals surface area (Å²) in [5.41, 5.74) is 26.0. The van der Waals surface area contributed by atoms with Crippen LogP contribution in [-0.2, 0) is 18.3 Å². The highest BCUT2D eigenvalue weighted by atomic mass is 32.2. The van der Waals surface area contributed by atoms with Crippen LogP contribution in [0.2, 0.25) is 5.82 Å². The van der Waals surface area contributed by atoms with Crippen LogP contribution in [0.4, 0.5) is 0 Å². The molecule has 616 valence electrons. The van der Waals surface area contributed by atoms with E-state index < -0.39 is 0 Å². The highest BCUT2D eigenvalue weighted by molar-refractivity contribution is 8.05. The van der Waals surface area contributed by atoms with Crippen LogP contribution in [0.5, 0.6) is 0 Å². The first-order valence-electron chi connectivity index (χ1n) is 50.5. The Morgan fingerprint density at radius 1 is 0.483 bits per heavy atom. The first-order chi connectivity index (χ1) is 59.2. The average Bonchev–Trinajstić information content (AvgIpc) is 0.744. The summed E-state index contributed by atoms with van der Waals surface area (Å²) in [6.07, 6.45) is 101. The Balaban J connectivity index is 0.692. The van der Waals surface area contributed by atoms with Gasteiger partial charge >= 0.3 is 0 Å². The third kappa shape index (κ3) is 12.7. The van der Waals surface area contributed by atoms with Gasteiger partial charge in [-0.3, -0.25) is 0 Å². The number of fused-ring (bicyclic) bond motifs is 18. The highest BCUT2D eigenvalue weighted by Crippen LogP contribution is 2.73. The summed E-state index contributed by atoms with van der Waals surface area (Å²) in [5.74, 6) is 17.7. The molecule has 4 saturated carbocycles. The van der Waals surface area contributed by atoms with Crippen molar-refractivity contribution in [2.24, 2.45) is 148 Å². The fourth-order valence-corrected chi connectivity index (χ4v) is 37.2. The van der Waals surface area contributed by atoms with Crippen molar-refractivity contribution in [2.75, 3.05) is 0 Å². The van der Waals surface area contributed by atoms with Crippen LogP contribution in [0.25, 0.3) is 0 Å². The maximum absolute atomic E-state index is 5.68. The predicted molar refractivity (Wildman–Crippen MR) is 506 cm³/mol. The Hall–Kier alpha value is -5.67. The topological polar surface area (TPSA) is 0 Å². The lowest BCUT2D eigenvalue weighted by Crippen LogP contribution is -2.55. The quantitative estimate of drug-likeness (QED) is 0.163. The molecule has 4 heteroatoms. The SMILES string of the molecule is C=C1C2c3ccccc3SC2[B]C2C3CC4C(=CC3C(C3C=CCCC3)C3=CC([C@H]5Cc6ccccc6CCC6CC=CCC65)CC(C1C1CC=CCC1)C32)C(C1C=CC=CC1)c1cc2c(cc1C4(C)C)C1[B]C3SC4=C(C=CCC4)C3/C=C(/C3=CCCCC3)C3CC(CC4C5CCC=CC5C5CC5C5CCCCC45)C=C(C2C2=CCCC=C2)C31. The molecule has 25 rings (SSSR count). The Kier molecular flexibility index (Phi) is 19.9. The summed E-state index contributed by atoms with van der Waals surface area (Å²) in [6, 6.07) is 26.0. The van der Waals surface area contributed by atoms with Gasteiger partial charge in [0, 0.05) is 28.6 Å². The zero-order chi connectivity index (χ0) is 79.2. The van der Waals surface area contributed by atoms with Crippen molar-refractivity contribution in [3.8, 4) is 0 Å². The van der Waals surface area contributed by atoms with E-state index in [4.69, 9.17) is 6.58 Å². The molecule has 3 aromatic carbocycles. The number of aryl methyl sites for hydroxylation is 1. The van der Waals surface area contributed by atoms with Gasteiger partial charge in [-0.05, 0) is 422 Å². The van der Waals surface area contributed by atoms with E-state index in [1.54, 1.807) is 66.1 Å². The van der Waals surface area contributed by atoms with Crippen LogP contribution in [0.3, 0.4) is 0 Å². The van der Waals surface area contributed by atoms with Gasteiger partial charge in [-0.1, -0.05) is 250 Å². The Bertz CT molecular complexity index is 5090. The molecular weight excluding hydrogens is 1480 g/mol. The number of rotatable bonds is 8. The molecule has 0 aromatic heterocycles. The first-order valence-corrected chi connectivity index (χ1v) is 52.3. The second kappa shape index (κ2) is 31.1. The van der Waals surface area contributed by atoms with E-state index in [-0.39, 0.29) is 11.3 Å². The molecule has 4 heterocycles. The Morgan fingerprint density at radius 2 is 1.36 bits per heavy atom. The molecular formula is C116H134B2S2. The molecule has 22 aliphatic rings. The minimum absolute atomic E-state index is 0.0999. The minimum Gasteiger partial charge on any atom is -0.135 e. The van der Waals surface area contributed by atoms with Gasteiger partial charge in [0.2, 0.25) is 0 Å². The summed E-state index contributed by atoms with van der Waals surface area (Å²) in [4.78, 5) is 3.26. The minimum atomic E-state index is -0.0999. The van der Waals surface area contributed by atoms with Crippen molar-refractivity contribution in [2.45, 2.75) is 263 Å². The van der Waals surface area contributed by atoms with Crippen LogP contribution in [-0.4, -0.2) is 24.9 Å². The van der Waals surface area contributed by atoms with Crippen molar-refractivity contribution in [1.82, 2.24) is 0 Å². The van der Waals surface area contributed by atoms with Gasteiger partial charge < -0.3 is 0 Å². The lowest BCUT2D eigenvalue weighted by molar-refractivity contribution is 0.0371. The lowest BCUT2D eigenvalue weighted by atomic mass is 9.34. The number of allylic oxidation sites excluding steroid dienone is 31. The van der Waals surface area contributed by atoms with E-state index >= 15 is 0 Å². The van der Waals surface area contributed by atoms with E-state index in [0.29, 0.717) is 134 Å². The molecule has 3 aromatic rings. The fraction of sp³-hybridized carbons (Fsp3) is 0.569. The number of thioether (sulfide) groups is 2. The lowest BCUT2D eigenvalue weighted by Gasteiger charge is -2.63. The molecule has 0 amide bonds.